The number of methoxy groups -OCH3 is 1. The minimum atomic E-state index is -0.814. The highest BCUT2D eigenvalue weighted by molar-refractivity contribution is 5.99. The Bertz CT molecular complexity index is 1040. The maximum Gasteiger partial charge on any atom is 0.349 e. The van der Waals surface area contributed by atoms with Crippen LogP contribution in [0.15, 0.2) is 35.9 Å². The molecule has 1 amide bonds. The number of carbonyl (C=O) groups is 2. The van der Waals surface area contributed by atoms with Gasteiger partial charge in [0, 0.05) is 23.1 Å². The van der Waals surface area contributed by atoms with Crippen LogP contribution in [0, 0.1) is 31.1 Å². The lowest BCUT2D eigenvalue weighted by Gasteiger charge is -2.12. The van der Waals surface area contributed by atoms with Gasteiger partial charge in [0.1, 0.15) is 17.4 Å². The Balaban J connectivity index is 1.71. The summed E-state index contributed by atoms with van der Waals surface area (Å²) in [7, 11) is 1.61. The highest BCUT2D eigenvalue weighted by atomic mass is 16.5. The van der Waals surface area contributed by atoms with Gasteiger partial charge in [0.05, 0.1) is 7.11 Å². The molecule has 1 aromatic heterocycles. The minimum absolute atomic E-state index is 0.0699. The molecule has 1 fully saturated rings. The molecule has 0 bridgehead atoms. The van der Waals surface area contributed by atoms with Crippen molar-refractivity contribution in [2.45, 2.75) is 39.7 Å². The Morgan fingerprint density at radius 2 is 1.97 bits per heavy atom. The lowest BCUT2D eigenvalue weighted by molar-refractivity contribution is -0.144. The largest absolute Gasteiger partial charge is 0.497 e. The van der Waals surface area contributed by atoms with E-state index in [9.17, 15) is 14.9 Å². The Hall–Kier alpha value is -3.53. The SMILES string of the molecule is COc1ccc(-n2c(C)cc(/C=C(\C#N)C(=O)OCC(=O)N[C@@H](C)C3CC3)c2C)cc1. The van der Waals surface area contributed by atoms with Crippen molar-refractivity contribution in [3.8, 4) is 17.5 Å². The van der Waals surface area contributed by atoms with E-state index < -0.39 is 12.6 Å². The van der Waals surface area contributed by atoms with Gasteiger partial charge in [-0.05, 0) is 81.5 Å². The van der Waals surface area contributed by atoms with Gasteiger partial charge in [0.25, 0.3) is 5.91 Å². The first-order valence-electron chi connectivity index (χ1n) is 10.3. The van der Waals surface area contributed by atoms with Crippen LogP contribution in [-0.4, -0.2) is 36.2 Å². The molecule has 1 heterocycles. The number of hydrogen-bond acceptors (Lipinski definition) is 5. The number of hydrogen-bond donors (Lipinski definition) is 1. The van der Waals surface area contributed by atoms with Crippen LogP contribution < -0.4 is 10.1 Å². The van der Waals surface area contributed by atoms with Gasteiger partial charge in [-0.15, -0.1) is 0 Å². The molecule has 7 nitrogen and oxygen atoms in total. The summed E-state index contributed by atoms with van der Waals surface area (Å²) < 4.78 is 12.3. The number of benzene rings is 1. The Morgan fingerprint density at radius 3 is 2.55 bits per heavy atom. The molecule has 7 heteroatoms. The van der Waals surface area contributed by atoms with Crippen LogP contribution >= 0.6 is 0 Å². The van der Waals surface area contributed by atoms with Crippen LogP contribution in [0.5, 0.6) is 5.75 Å². The van der Waals surface area contributed by atoms with Gasteiger partial charge in [-0.25, -0.2) is 4.79 Å². The van der Waals surface area contributed by atoms with Gasteiger partial charge in [-0.3, -0.25) is 4.79 Å². The molecular formula is C24H27N3O4. The molecule has 1 aliphatic rings. The third-order valence-electron chi connectivity index (χ3n) is 5.49. The zero-order chi connectivity index (χ0) is 22.5. The molecule has 0 aliphatic heterocycles. The average molecular weight is 421 g/mol. The number of nitrogens with one attached hydrogen (secondary N) is 1. The van der Waals surface area contributed by atoms with E-state index in [1.807, 2.05) is 61.7 Å². The van der Waals surface area contributed by atoms with E-state index >= 15 is 0 Å². The van der Waals surface area contributed by atoms with E-state index in [4.69, 9.17) is 9.47 Å². The summed E-state index contributed by atoms with van der Waals surface area (Å²) in [6.07, 6.45) is 3.71. The van der Waals surface area contributed by atoms with Gasteiger partial charge in [0.2, 0.25) is 0 Å². The van der Waals surface area contributed by atoms with Crippen molar-refractivity contribution in [2.75, 3.05) is 13.7 Å². The van der Waals surface area contributed by atoms with Gasteiger partial charge in [-0.1, -0.05) is 0 Å². The van der Waals surface area contributed by atoms with Crippen molar-refractivity contribution in [3.63, 3.8) is 0 Å². The minimum Gasteiger partial charge on any atom is -0.497 e. The fourth-order valence-electron chi connectivity index (χ4n) is 3.57. The molecule has 0 spiro atoms. The van der Waals surface area contributed by atoms with E-state index in [0.29, 0.717) is 5.92 Å². The van der Waals surface area contributed by atoms with E-state index in [-0.39, 0.29) is 17.5 Å². The summed E-state index contributed by atoms with van der Waals surface area (Å²) in [4.78, 5) is 24.3. The molecule has 2 aromatic rings. The summed E-state index contributed by atoms with van der Waals surface area (Å²) in [5, 5.41) is 12.3. The zero-order valence-electron chi connectivity index (χ0n) is 18.3. The summed E-state index contributed by atoms with van der Waals surface area (Å²) in [5.41, 5.74) is 3.34. The topological polar surface area (TPSA) is 93.3 Å². The van der Waals surface area contributed by atoms with Gasteiger partial charge in [-0.2, -0.15) is 5.26 Å². The first kappa shape index (κ1) is 22.2. The lowest BCUT2D eigenvalue weighted by atomic mass is 10.1. The number of ether oxygens (including phenoxy) is 2. The number of nitriles is 1. The van der Waals surface area contributed by atoms with Crippen molar-refractivity contribution >= 4 is 18.0 Å². The van der Waals surface area contributed by atoms with Crippen LogP contribution in [0.1, 0.15) is 36.7 Å². The molecule has 0 saturated heterocycles. The van der Waals surface area contributed by atoms with Crippen molar-refractivity contribution in [3.05, 3.63) is 52.9 Å². The van der Waals surface area contributed by atoms with Gasteiger partial charge >= 0.3 is 5.97 Å². The summed E-state index contributed by atoms with van der Waals surface area (Å²) in [6, 6.07) is 11.5. The molecular weight excluding hydrogens is 394 g/mol. The van der Waals surface area contributed by atoms with Gasteiger partial charge in [0.15, 0.2) is 6.61 Å². The molecule has 1 aliphatic carbocycles. The van der Waals surface area contributed by atoms with Gasteiger partial charge < -0.3 is 19.4 Å². The number of nitrogens with zero attached hydrogens (tertiary/aromatic N) is 2. The normalized spacial score (nSPS) is 14.5. The highest BCUT2D eigenvalue weighted by Gasteiger charge is 2.29. The van der Waals surface area contributed by atoms with Crippen molar-refractivity contribution < 1.29 is 19.1 Å². The molecule has 1 N–H and O–H groups in total. The van der Waals surface area contributed by atoms with E-state index in [2.05, 4.69) is 5.32 Å². The fraction of sp³-hybridized carbons (Fsp3) is 0.375. The number of aromatic nitrogens is 1. The Morgan fingerprint density at radius 1 is 1.29 bits per heavy atom. The average Bonchev–Trinajstić information content (AvgIpc) is 3.57. The summed E-state index contributed by atoms with van der Waals surface area (Å²) >= 11 is 0. The maximum absolute atomic E-state index is 12.3. The predicted octanol–water partition coefficient (Wildman–Crippen LogP) is 3.47. The third kappa shape index (κ3) is 5.34. The maximum atomic E-state index is 12.3. The molecule has 31 heavy (non-hydrogen) atoms. The lowest BCUT2D eigenvalue weighted by Crippen LogP contribution is -2.37. The first-order valence-corrected chi connectivity index (χ1v) is 10.3. The number of aryl methyl sites for hydroxylation is 1. The third-order valence-corrected chi connectivity index (χ3v) is 5.49. The van der Waals surface area contributed by atoms with Crippen LogP contribution in [0.3, 0.4) is 0 Å². The number of esters is 1. The van der Waals surface area contributed by atoms with Crippen molar-refractivity contribution in [1.29, 1.82) is 5.26 Å². The standard InChI is InChI=1S/C24H27N3O4/c1-15-11-19(17(3)27(15)21-7-9-22(30-4)10-8-21)12-20(13-25)24(29)31-14-23(28)26-16(2)18-5-6-18/h7-12,16,18H,5-6,14H2,1-4H3,(H,26,28)/b20-12+/t16-/m0/s1. The van der Waals surface area contributed by atoms with Crippen LogP contribution in [0.2, 0.25) is 0 Å². The molecule has 1 aromatic carbocycles. The molecule has 3 rings (SSSR count). The van der Waals surface area contributed by atoms with E-state index in [1.165, 1.54) is 6.08 Å². The molecule has 1 saturated carbocycles. The number of amides is 1. The van der Waals surface area contributed by atoms with Crippen molar-refractivity contribution in [2.24, 2.45) is 5.92 Å². The highest BCUT2D eigenvalue weighted by Crippen LogP contribution is 2.32. The monoisotopic (exact) mass is 421 g/mol. The van der Waals surface area contributed by atoms with E-state index in [0.717, 1.165) is 41.2 Å². The van der Waals surface area contributed by atoms with Crippen LogP contribution in [0.4, 0.5) is 0 Å². The molecule has 0 unspecified atom stereocenters. The molecule has 162 valence electrons. The second-order valence-corrected chi connectivity index (χ2v) is 7.80. The zero-order valence-corrected chi connectivity index (χ0v) is 18.3. The Labute approximate surface area is 182 Å². The number of rotatable bonds is 8. The smallest absolute Gasteiger partial charge is 0.349 e. The Kier molecular flexibility index (Phi) is 6.81. The number of carbonyl (C=O) groups excluding carboxylic acids is 2. The second kappa shape index (κ2) is 9.52. The second-order valence-electron chi connectivity index (χ2n) is 7.80. The quantitative estimate of drug-likeness (QED) is 0.400. The van der Waals surface area contributed by atoms with Crippen LogP contribution in [0.25, 0.3) is 11.8 Å². The first-order chi connectivity index (χ1) is 14.8. The molecule has 0 radical (unpaired) electrons. The summed E-state index contributed by atoms with van der Waals surface area (Å²) in [5.74, 6) is 0.0975. The predicted molar refractivity (Wildman–Crippen MR) is 117 cm³/mol. The van der Waals surface area contributed by atoms with Crippen LogP contribution in [-0.2, 0) is 14.3 Å². The van der Waals surface area contributed by atoms with E-state index in [1.54, 1.807) is 7.11 Å². The fourth-order valence-corrected chi connectivity index (χ4v) is 3.57. The molecule has 1 atom stereocenters. The van der Waals surface area contributed by atoms with Crippen molar-refractivity contribution in [1.82, 2.24) is 9.88 Å². The summed E-state index contributed by atoms with van der Waals surface area (Å²) in [6.45, 7) is 5.40.